The van der Waals surface area contributed by atoms with E-state index in [9.17, 15) is 0 Å². The zero-order valence-corrected chi connectivity index (χ0v) is 9.56. The number of ether oxygens (including phenoxy) is 1. The minimum atomic E-state index is 0.456. The third-order valence-corrected chi connectivity index (χ3v) is 2.39. The van der Waals surface area contributed by atoms with Crippen LogP contribution in [-0.2, 0) is 6.54 Å². The quantitative estimate of drug-likeness (QED) is 0.831. The average molecular weight is 214 g/mol. The Bertz CT molecular complexity index is 299. The highest BCUT2D eigenvalue weighted by Gasteiger charge is 2.05. The number of methoxy groups -OCH3 is 1. The van der Waals surface area contributed by atoms with Crippen molar-refractivity contribution in [3.05, 3.63) is 28.8 Å². The van der Waals surface area contributed by atoms with E-state index in [2.05, 4.69) is 19.2 Å². The fraction of sp³-hybridized carbons (Fsp3) is 0.455. The predicted molar refractivity (Wildman–Crippen MR) is 60.0 cm³/mol. The van der Waals surface area contributed by atoms with Crippen LogP contribution in [0.2, 0.25) is 5.02 Å². The smallest absolute Gasteiger partial charge is 0.137 e. The molecule has 0 bridgehead atoms. The molecular weight excluding hydrogens is 198 g/mol. The number of rotatable bonds is 4. The average Bonchev–Trinajstić information content (AvgIpc) is 2.16. The van der Waals surface area contributed by atoms with Crippen molar-refractivity contribution in [1.29, 1.82) is 0 Å². The Kier molecular flexibility index (Phi) is 4.23. The second-order valence-electron chi connectivity index (χ2n) is 3.47. The Hall–Kier alpha value is -0.730. The SMILES string of the molecule is COc1cccc(CNC(C)C)c1Cl. The summed E-state index contributed by atoms with van der Waals surface area (Å²) >= 11 is 6.13. The molecule has 0 saturated carbocycles. The Morgan fingerprint density at radius 1 is 1.43 bits per heavy atom. The standard InChI is InChI=1S/C11H16ClNO/c1-8(2)13-7-9-5-4-6-10(14-3)11(9)12/h4-6,8,13H,7H2,1-3H3. The first-order chi connectivity index (χ1) is 6.65. The summed E-state index contributed by atoms with van der Waals surface area (Å²) in [4.78, 5) is 0. The zero-order valence-electron chi connectivity index (χ0n) is 8.80. The number of nitrogens with one attached hydrogen (secondary N) is 1. The minimum Gasteiger partial charge on any atom is -0.495 e. The fourth-order valence-electron chi connectivity index (χ4n) is 1.16. The molecule has 1 aromatic carbocycles. The molecule has 1 rings (SSSR count). The van der Waals surface area contributed by atoms with Crippen LogP contribution >= 0.6 is 11.6 Å². The molecule has 1 aromatic rings. The van der Waals surface area contributed by atoms with Gasteiger partial charge in [0.2, 0.25) is 0 Å². The molecule has 0 aliphatic carbocycles. The molecule has 3 heteroatoms. The second kappa shape index (κ2) is 5.23. The maximum absolute atomic E-state index is 6.13. The third-order valence-electron chi connectivity index (χ3n) is 1.96. The first-order valence-corrected chi connectivity index (χ1v) is 5.07. The lowest BCUT2D eigenvalue weighted by Gasteiger charge is -2.11. The molecule has 0 aromatic heterocycles. The van der Waals surface area contributed by atoms with Gasteiger partial charge in [-0.05, 0) is 11.6 Å². The molecule has 78 valence electrons. The lowest BCUT2D eigenvalue weighted by molar-refractivity contribution is 0.414. The van der Waals surface area contributed by atoms with Gasteiger partial charge < -0.3 is 10.1 Å². The van der Waals surface area contributed by atoms with Gasteiger partial charge in [-0.2, -0.15) is 0 Å². The van der Waals surface area contributed by atoms with Crippen LogP contribution in [0.25, 0.3) is 0 Å². The molecule has 0 fully saturated rings. The van der Waals surface area contributed by atoms with Crippen molar-refractivity contribution in [3.8, 4) is 5.75 Å². The molecule has 2 nitrogen and oxygen atoms in total. The summed E-state index contributed by atoms with van der Waals surface area (Å²) in [6, 6.07) is 6.26. The molecule has 0 aliphatic rings. The largest absolute Gasteiger partial charge is 0.495 e. The molecular formula is C11H16ClNO. The zero-order chi connectivity index (χ0) is 10.6. The topological polar surface area (TPSA) is 21.3 Å². The van der Waals surface area contributed by atoms with Crippen LogP contribution in [0.15, 0.2) is 18.2 Å². The van der Waals surface area contributed by atoms with E-state index < -0.39 is 0 Å². The van der Waals surface area contributed by atoms with Gasteiger partial charge in [-0.3, -0.25) is 0 Å². The number of hydrogen-bond acceptors (Lipinski definition) is 2. The number of hydrogen-bond donors (Lipinski definition) is 1. The Balaban J connectivity index is 2.76. The van der Waals surface area contributed by atoms with E-state index in [4.69, 9.17) is 16.3 Å². The van der Waals surface area contributed by atoms with E-state index >= 15 is 0 Å². The normalized spacial score (nSPS) is 10.6. The highest BCUT2D eigenvalue weighted by atomic mass is 35.5. The summed E-state index contributed by atoms with van der Waals surface area (Å²) in [5.41, 5.74) is 1.07. The predicted octanol–water partition coefficient (Wildman–Crippen LogP) is 2.85. The molecule has 0 saturated heterocycles. The van der Waals surface area contributed by atoms with E-state index in [1.807, 2.05) is 18.2 Å². The molecule has 14 heavy (non-hydrogen) atoms. The summed E-state index contributed by atoms with van der Waals surface area (Å²) in [6.07, 6.45) is 0. The first kappa shape index (κ1) is 11.3. The van der Waals surface area contributed by atoms with Gasteiger partial charge in [0.1, 0.15) is 5.75 Å². The Labute approximate surface area is 90.2 Å². The maximum atomic E-state index is 6.13. The van der Waals surface area contributed by atoms with Gasteiger partial charge in [0.25, 0.3) is 0 Å². The van der Waals surface area contributed by atoms with Crippen LogP contribution in [0.1, 0.15) is 19.4 Å². The summed E-state index contributed by atoms with van der Waals surface area (Å²) in [7, 11) is 1.63. The van der Waals surface area contributed by atoms with Gasteiger partial charge >= 0.3 is 0 Å². The number of halogens is 1. The van der Waals surface area contributed by atoms with E-state index in [1.54, 1.807) is 7.11 Å². The van der Waals surface area contributed by atoms with Crippen LogP contribution < -0.4 is 10.1 Å². The summed E-state index contributed by atoms with van der Waals surface area (Å²) in [5, 5.41) is 4.01. The lowest BCUT2D eigenvalue weighted by atomic mass is 10.2. The molecule has 0 spiro atoms. The second-order valence-corrected chi connectivity index (χ2v) is 3.85. The van der Waals surface area contributed by atoms with Gasteiger partial charge in [0, 0.05) is 12.6 Å². The molecule has 0 radical (unpaired) electrons. The van der Waals surface area contributed by atoms with Crippen molar-refractivity contribution >= 4 is 11.6 Å². The maximum Gasteiger partial charge on any atom is 0.137 e. The van der Waals surface area contributed by atoms with E-state index in [-0.39, 0.29) is 0 Å². The van der Waals surface area contributed by atoms with Gasteiger partial charge in [-0.1, -0.05) is 37.6 Å². The molecule has 0 atom stereocenters. The summed E-state index contributed by atoms with van der Waals surface area (Å²) < 4.78 is 5.13. The first-order valence-electron chi connectivity index (χ1n) is 4.70. The molecule has 0 unspecified atom stereocenters. The van der Waals surface area contributed by atoms with Crippen LogP contribution in [0, 0.1) is 0 Å². The van der Waals surface area contributed by atoms with Crippen LogP contribution in [0.5, 0.6) is 5.75 Å². The van der Waals surface area contributed by atoms with Crippen molar-refractivity contribution in [3.63, 3.8) is 0 Å². The van der Waals surface area contributed by atoms with Crippen molar-refractivity contribution in [2.45, 2.75) is 26.4 Å². The van der Waals surface area contributed by atoms with Gasteiger partial charge in [-0.15, -0.1) is 0 Å². The van der Waals surface area contributed by atoms with E-state index in [0.717, 1.165) is 17.9 Å². The molecule has 0 heterocycles. The van der Waals surface area contributed by atoms with Crippen molar-refractivity contribution in [2.75, 3.05) is 7.11 Å². The monoisotopic (exact) mass is 213 g/mol. The fourth-order valence-corrected chi connectivity index (χ4v) is 1.43. The van der Waals surface area contributed by atoms with Crippen LogP contribution in [-0.4, -0.2) is 13.2 Å². The molecule has 0 amide bonds. The summed E-state index contributed by atoms with van der Waals surface area (Å²) in [5.74, 6) is 0.731. The number of benzene rings is 1. The Morgan fingerprint density at radius 3 is 2.71 bits per heavy atom. The van der Waals surface area contributed by atoms with Crippen LogP contribution in [0.4, 0.5) is 0 Å². The van der Waals surface area contributed by atoms with Gasteiger partial charge in [-0.25, -0.2) is 0 Å². The van der Waals surface area contributed by atoms with Crippen LogP contribution in [0.3, 0.4) is 0 Å². The molecule has 0 aliphatic heterocycles. The highest BCUT2D eigenvalue weighted by molar-refractivity contribution is 6.32. The molecule has 1 N–H and O–H groups in total. The van der Waals surface area contributed by atoms with Crippen molar-refractivity contribution in [2.24, 2.45) is 0 Å². The minimum absolute atomic E-state index is 0.456. The van der Waals surface area contributed by atoms with E-state index in [0.29, 0.717) is 11.1 Å². The summed E-state index contributed by atoms with van der Waals surface area (Å²) in [6.45, 7) is 4.98. The highest BCUT2D eigenvalue weighted by Crippen LogP contribution is 2.27. The third kappa shape index (κ3) is 2.89. The lowest BCUT2D eigenvalue weighted by Crippen LogP contribution is -2.21. The Morgan fingerprint density at radius 2 is 2.14 bits per heavy atom. The van der Waals surface area contributed by atoms with E-state index in [1.165, 1.54) is 0 Å². The van der Waals surface area contributed by atoms with Crippen molar-refractivity contribution in [1.82, 2.24) is 5.32 Å². The van der Waals surface area contributed by atoms with Gasteiger partial charge in [0.15, 0.2) is 0 Å². The van der Waals surface area contributed by atoms with Crippen molar-refractivity contribution < 1.29 is 4.74 Å². The van der Waals surface area contributed by atoms with Gasteiger partial charge in [0.05, 0.1) is 12.1 Å².